The summed E-state index contributed by atoms with van der Waals surface area (Å²) in [5.74, 6) is -0.981. The average Bonchev–Trinajstić information content (AvgIpc) is 3.10. The van der Waals surface area contributed by atoms with E-state index in [4.69, 9.17) is 0 Å². The van der Waals surface area contributed by atoms with E-state index in [1.165, 1.54) is 23.0 Å². The Hall–Kier alpha value is -3.23. The molecule has 0 radical (unpaired) electrons. The van der Waals surface area contributed by atoms with Gasteiger partial charge in [-0.2, -0.15) is 18.3 Å². The average molecular weight is 406 g/mol. The first kappa shape index (κ1) is 20.5. The number of anilines is 1. The second-order valence-electron chi connectivity index (χ2n) is 6.83. The van der Waals surface area contributed by atoms with Gasteiger partial charge in [0.05, 0.1) is 23.0 Å². The summed E-state index contributed by atoms with van der Waals surface area (Å²) < 4.78 is 53.3. The van der Waals surface area contributed by atoms with Crippen molar-refractivity contribution in [3.8, 4) is 5.82 Å². The molecule has 152 valence electrons. The fourth-order valence-corrected chi connectivity index (χ4v) is 2.82. The molecule has 3 aromatic rings. The van der Waals surface area contributed by atoms with Gasteiger partial charge in [-0.15, -0.1) is 0 Å². The number of benzene rings is 1. The number of alkyl halides is 3. The van der Waals surface area contributed by atoms with Crippen LogP contribution in [0.3, 0.4) is 0 Å². The smallest absolute Gasteiger partial charge is 0.322 e. The Morgan fingerprint density at radius 2 is 1.86 bits per heavy atom. The van der Waals surface area contributed by atoms with Gasteiger partial charge < -0.3 is 5.32 Å². The highest BCUT2D eigenvalue weighted by Crippen LogP contribution is 2.29. The zero-order chi connectivity index (χ0) is 21.3. The molecule has 0 unspecified atom stereocenters. The third kappa shape index (κ3) is 4.28. The molecule has 1 amide bonds. The Morgan fingerprint density at radius 3 is 2.41 bits per heavy atom. The highest BCUT2D eigenvalue weighted by Gasteiger charge is 2.31. The van der Waals surface area contributed by atoms with E-state index in [0.29, 0.717) is 11.3 Å². The van der Waals surface area contributed by atoms with Crippen LogP contribution in [0.4, 0.5) is 23.2 Å². The lowest BCUT2D eigenvalue weighted by Crippen LogP contribution is -2.16. The van der Waals surface area contributed by atoms with Gasteiger partial charge in [-0.1, -0.05) is 19.9 Å². The van der Waals surface area contributed by atoms with E-state index >= 15 is 0 Å². The molecule has 0 aliphatic heterocycles. The van der Waals surface area contributed by atoms with Crippen molar-refractivity contribution < 1.29 is 22.4 Å². The number of nitrogens with zero attached hydrogens (tertiary/aromatic N) is 3. The van der Waals surface area contributed by atoms with Gasteiger partial charge in [0.1, 0.15) is 5.82 Å². The van der Waals surface area contributed by atoms with Crippen LogP contribution in [-0.4, -0.2) is 20.7 Å². The maximum absolute atomic E-state index is 13.7. The third-order valence-electron chi connectivity index (χ3n) is 4.32. The Morgan fingerprint density at radius 1 is 1.14 bits per heavy atom. The van der Waals surface area contributed by atoms with E-state index in [-0.39, 0.29) is 23.0 Å². The summed E-state index contributed by atoms with van der Waals surface area (Å²) in [4.78, 5) is 16.5. The number of nitrogens with one attached hydrogen (secondary N) is 1. The number of halogens is 4. The molecule has 0 fully saturated rings. The summed E-state index contributed by atoms with van der Waals surface area (Å²) in [5.41, 5.74) is 0.559. The second kappa shape index (κ2) is 7.65. The van der Waals surface area contributed by atoms with Gasteiger partial charge in [0.15, 0.2) is 5.82 Å². The number of hydrogen-bond donors (Lipinski definition) is 1. The molecule has 0 spiro atoms. The Balaban J connectivity index is 1.94. The SMILES string of the molecule is Cc1ccc(NC(=O)c2cnn(-c3ccc(C(F)(F)F)cn3)c2C(C)C)cc1F. The standard InChI is InChI=1S/C20H18F4N4O/c1-11(2)18-15(19(29)27-14-6-4-12(3)16(21)8-14)10-26-28(18)17-7-5-13(9-25-17)20(22,23)24/h4-11H,1-3H3,(H,27,29). The van der Waals surface area contributed by atoms with Crippen LogP contribution in [0.1, 0.15) is 46.9 Å². The van der Waals surface area contributed by atoms with E-state index in [9.17, 15) is 22.4 Å². The molecule has 0 aliphatic rings. The monoisotopic (exact) mass is 406 g/mol. The lowest BCUT2D eigenvalue weighted by molar-refractivity contribution is -0.137. The molecule has 1 N–H and O–H groups in total. The van der Waals surface area contributed by atoms with E-state index < -0.39 is 23.5 Å². The Bertz CT molecular complexity index is 1040. The lowest BCUT2D eigenvalue weighted by Gasteiger charge is -2.13. The van der Waals surface area contributed by atoms with Crippen molar-refractivity contribution in [3.63, 3.8) is 0 Å². The van der Waals surface area contributed by atoms with E-state index in [2.05, 4.69) is 15.4 Å². The van der Waals surface area contributed by atoms with Gasteiger partial charge in [0.2, 0.25) is 0 Å². The normalized spacial score (nSPS) is 11.7. The van der Waals surface area contributed by atoms with Crippen molar-refractivity contribution in [2.75, 3.05) is 5.32 Å². The first-order valence-corrected chi connectivity index (χ1v) is 8.77. The quantitative estimate of drug-likeness (QED) is 0.613. The minimum absolute atomic E-state index is 0.155. The van der Waals surface area contributed by atoms with Crippen LogP contribution in [0.2, 0.25) is 0 Å². The number of carbonyl (C=O) groups excluding carboxylic acids is 1. The summed E-state index contributed by atoms with van der Waals surface area (Å²) in [6, 6.07) is 6.43. The molecule has 0 bridgehead atoms. The van der Waals surface area contributed by atoms with Crippen LogP contribution < -0.4 is 5.32 Å². The molecule has 9 heteroatoms. The van der Waals surface area contributed by atoms with E-state index in [0.717, 1.165) is 12.3 Å². The molecule has 2 aromatic heterocycles. The van der Waals surface area contributed by atoms with Gasteiger partial charge in [0, 0.05) is 11.9 Å². The summed E-state index contributed by atoms with van der Waals surface area (Å²) >= 11 is 0. The number of rotatable bonds is 4. The Kier molecular flexibility index (Phi) is 5.41. The predicted molar refractivity (Wildman–Crippen MR) is 99.5 cm³/mol. The van der Waals surface area contributed by atoms with Crippen LogP contribution in [0.15, 0.2) is 42.7 Å². The molecular formula is C20H18F4N4O. The van der Waals surface area contributed by atoms with Crippen molar-refractivity contribution in [3.05, 3.63) is 70.9 Å². The zero-order valence-electron chi connectivity index (χ0n) is 15.9. The molecule has 0 saturated heterocycles. The van der Waals surface area contributed by atoms with Crippen LogP contribution in [0.5, 0.6) is 0 Å². The summed E-state index contributed by atoms with van der Waals surface area (Å²) in [5, 5.41) is 6.75. The number of carbonyl (C=O) groups is 1. The second-order valence-corrected chi connectivity index (χ2v) is 6.83. The van der Waals surface area contributed by atoms with Crippen molar-refractivity contribution in [1.29, 1.82) is 0 Å². The number of amides is 1. The predicted octanol–water partition coefficient (Wildman–Crippen LogP) is 5.11. The fourth-order valence-electron chi connectivity index (χ4n) is 2.82. The maximum atomic E-state index is 13.7. The first-order valence-electron chi connectivity index (χ1n) is 8.77. The summed E-state index contributed by atoms with van der Waals surface area (Å²) in [6.07, 6.45) is -2.46. The maximum Gasteiger partial charge on any atom is 0.417 e. The Labute approximate surface area is 164 Å². The zero-order valence-corrected chi connectivity index (χ0v) is 15.9. The molecule has 1 aromatic carbocycles. The molecule has 5 nitrogen and oxygen atoms in total. The van der Waals surface area contributed by atoms with Crippen LogP contribution in [-0.2, 0) is 6.18 Å². The van der Waals surface area contributed by atoms with Gasteiger partial charge in [-0.25, -0.2) is 14.1 Å². The highest BCUT2D eigenvalue weighted by molar-refractivity contribution is 6.05. The molecule has 0 saturated carbocycles. The van der Waals surface area contributed by atoms with Crippen molar-refractivity contribution in [2.24, 2.45) is 0 Å². The van der Waals surface area contributed by atoms with Crippen molar-refractivity contribution >= 4 is 11.6 Å². The number of aryl methyl sites for hydroxylation is 1. The van der Waals surface area contributed by atoms with Gasteiger partial charge in [-0.05, 0) is 42.7 Å². The van der Waals surface area contributed by atoms with Crippen LogP contribution in [0.25, 0.3) is 5.82 Å². The van der Waals surface area contributed by atoms with Crippen molar-refractivity contribution in [2.45, 2.75) is 32.9 Å². The number of pyridine rings is 1. The molecular weight excluding hydrogens is 388 g/mol. The van der Waals surface area contributed by atoms with Gasteiger partial charge in [-0.3, -0.25) is 4.79 Å². The molecule has 3 rings (SSSR count). The number of hydrogen-bond acceptors (Lipinski definition) is 3. The molecule has 0 aliphatic carbocycles. The van der Waals surface area contributed by atoms with Crippen molar-refractivity contribution in [1.82, 2.24) is 14.8 Å². The molecule has 0 atom stereocenters. The van der Waals surface area contributed by atoms with Crippen LogP contribution in [0, 0.1) is 12.7 Å². The fraction of sp³-hybridized carbons (Fsp3) is 0.250. The van der Waals surface area contributed by atoms with Gasteiger partial charge >= 0.3 is 6.18 Å². The molecule has 2 heterocycles. The lowest BCUT2D eigenvalue weighted by atomic mass is 10.1. The minimum atomic E-state index is -4.50. The highest BCUT2D eigenvalue weighted by atomic mass is 19.4. The largest absolute Gasteiger partial charge is 0.417 e. The summed E-state index contributed by atoms with van der Waals surface area (Å²) in [7, 11) is 0. The minimum Gasteiger partial charge on any atom is -0.322 e. The number of aromatic nitrogens is 3. The van der Waals surface area contributed by atoms with Crippen LogP contribution >= 0.6 is 0 Å². The topological polar surface area (TPSA) is 59.8 Å². The molecule has 29 heavy (non-hydrogen) atoms. The van der Waals surface area contributed by atoms with E-state index in [1.807, 2.05) is 13.8 Å². The first-order chi connectivity index (χ1) is 13.6. The van der Waals surface area contributed by atoms with Gasteiger partial charge in [0.25, 0.3) is 5.91 Å². The van der Waals surface area contributed by atoms with E-state index in [1.54, 1.807) is 19.1 Å². The summed E-state index contributed by atoms with van der Waals surface area (Å²) in [6.45, 7) is 5.25. The third-order valence-corrected chi connectivity index (χ3v) is 4.32.